The van der Waals surface area contributed by atoms with E-state index in [1.54, 1.807) is 44.6 Å². The van der Waals surface area contributed by atoms with Gasteiger partial charge in [-0.15, -0.1) is 0 Å². The summed E-state index contributed by atoms with van der Waals surface area (Å²) in [5.74, 6) is 1.76. The summed E-state index contributed by atoms with van der Waals surface area (Å²) in [6.07, 6.45) is -0.00245. The molecule has 1 aliphatic rings. The molecule has 192 valence electrons. The number of rotatable bonds is 12. The van der Waals surface area contributed by atoms with E-state index in [2.05, 4.69) is 15.1 Å². The summed E-state index contributed by atoms with van der Waals surface area (Å²) >= 11 is 12.1. The Balaban J connectivity index is 1.33. The minimum absolute atomic E-state index is 0.00999. The number of carbonyl (C=O) groups excluding carboxylic acids is 1. The molecule has 1 amide bonds. The lowest BCUT2D eigenvalue weighted by Crippen LogP contribution is -2.51. The zero-order chi connectivity index (χ0) is 25.2. The second-order valence-corrected chi connectivity index (χ2v) is 9.24. The average Bonchev–Trinajstić information content (AvgIpc) is 2.85. The summed E-state index contributed by atoms with van der Waals surface area (Å²) in [5.41, 5.74) is 0.956. The van der Waals surface area contributed by atoms with Crippen molar-refractivity contribution in [2.75, 3.05) is 66.6 Å². The van der Waals surface area contributed by atoms with Gasteiger partial charge < -0.3 is 24.6 Å². The second-order valence-electron chi connectivity index (χ2n) is 8.39. The van der Waals surface area contributed by atoms with E-state index in [9.17, 15) is 9.90 Å². The molecule has 0 aromatic heterocycles. The molecule has 1 atom stereocenters. The first-order valence-corrected chi connectivity index (χ1v) is 12.3. The Hall–Kier alpha value is -2.23. The van der Waals surface area contributed by atoms with Crippen LogP contribution in [0.1, 0.15) is 5.56 Å². The Morgan fingerprint density at radius 2 is 1.77 bits per heavy atom. The highest BCUT2D eigenvalue weighted by molar-refractivity contribution is 6.35. The van der Waals surface area contributed by atoms with Gasteiger partial charge in [-0.3, -0.25) is 14.6 Å². The number of aliphatic hydroxyl groups excluding tert-OH is 1. The minimum atomic E-state index is -0.652. The highest BCUT2D eigenvalue weighted by Crippen LogP contribution is 2.31. The molecule has 1 unspecified atom stereocenters. The van der Waals surface area contributed by atoms with Crippen LogP contribution in [0, 0.1) is 0 Å². The third-order valence-corrected chi connectivity index (χ3v) is 6.42. The van der Waals surface area contributed by atoms with Crippen LogP contribution in [0.25, 0.3) is 0 Å². The monoisotopic (exact) mass is 525 g/mol. The number of halogens is 2. The SMILES string of the molecule is COc1ccc(OC)c(OCC(O)CN2CCN(CC(=O)NCCc3ccc(Cl)cc3Cl)CC2)c1. The van der Waals surface area contributed by atoms with Gasteiger partial charge in [0, 0.05) is 55.4 Å². The summed E-state index contributed by atoms with van der Waals surface area (Å²) < 4.78 is 16.3. The molecule has 1 saturated heterocycles. The van der Waals surface area contributed by atoms with E-state index in [-0.39, 0.29) is 12.5 Å². The number of hydrogen-bond donors (Lipinski definition) is 2. The summed E-state index contributed by atoms with van der Waals surface area (Å²) in [4.78, 5) is 16.6. The van der Waals surface area contributed by atoms with Gasteiger partial charge >= 0.3 is 0 Å². The standard InChI is InChI=1S/C25H33Cl2N3O5/c1-33-21-5-6-23(34-2)24(14-21)35-17-20(31)15-29-9-11-30(12-10-29)16-25(32)28-8-7-18-3-4-19(26)13-22(18)27/h3-6,13-14,20,31H,7-12,15-17H2,1-2H3,(H,28,32). The largest absolute Gasteiger partial charge is 0.497 e. The number of nitrogens with one attached hydrogen (secondary N) is 1. The van der Waals surface area contributed by atoms with E-state index in [4.69, 9.17) is 37.4 Å². The van der Waals surface area contributed by atoms with Gasteiger partial charge in [-0.2, -0.15) is 0 Å². The quantitative estimate of drug-likeness (QED) is 0.440. The van der Waals surface area contributed by atoms with Gasteiger partial charge in [0.1, 0.15) is 18.5 Å². The molecule has 0 radical (unpaired) electrons. The predicted octanol–water partition coefficient (Wildman–Crippen LogP) is 2.73. The Morgan fingerprint density at radius 3 is 2.46 bits per heavy atom. The number of carbonyl (C=O) groups is 1. The van der Waals surface area contributed by atoms with Gasteiger partial charge in [0.15, 0.2) is 11.5 Å². The third-order valence-electron chi connectivity index (χ3n) is 5.83. The van der Waals surface area contributed by atoms with Crippen LogP contribution in [0.15, 0.2) is 36.4 Å². The van der Waals surface area contributed by atoms with E-state index in [1.165, 1.54) is 0 Å². The molecule has 0 bridgehead atoms. The molecule has 10 heteroatoms. The molecule has 1 aliphatic heterocycles. The van der Waals surface area contributed by atoms with Crippen LogP contribution < -0.4 is 19.5 Å². The lowest BCUT2D eigenvalue weighted by Gasteiger charge is -2.35. The fourth-order valence-electron chi connectivity index (χ4n) is 3.88. The van der Waals surface area contributed by atoms with E-state index in [0.29, 0.717) is 53.3 Å². The molecule has 0 spiro atoms. The van der Waals surface area contributed by atoms with Crippen molar-refractivity contribution in [3.63, 3.8) is 0 Å². The smallest absolute Gasteiger partial charge is 0.234 e. The van der Waals surface area contributed by atoms with Crippen molar-refractivity contribution in [1.29, 1.82) is 0 Å². The summed E-state index contributed by atoms with van der Waals surface area (Å²) in [7, 11) is 3.15. The number of benzene rings is 2. The zero-order valence-corrected chi connectivity index (χ0v) is 21.6. The fraction of sp³-hybridized carbons (Fsp3) is 0.480. The molecule has 1 fully saturated rings. The number of ether oxygens (including phenoxy) is 3. The number of amides is 1. The number of methoxy groups -OCH3 is 2. The van der Waals surface area contributed by atoms with Gasteiger partial charge in [-0.1, -0.05) is 29.3 Å². The van der Waals surface area contributed by atoms with Crippen molar-refractivity contribution < 1.29 is 24.1 Å². The number of piperazine rings is 1. The first-order valence-electron chi connectivity index (χ1n) is 11.6. The number of hydrogen-bond acceptors (Lipinski definition) is 7. The number of β-amino-alcohol motifs (C(OH)–C–C–N with tert-alkyl or cyclic N) is 1. The van der Waals surface area contributed by atoms with Crippen LogP contribution >= 0.6 is 23.2 Å². The van der Waals surface area contributed by atoms with Gasteiger partial charge in [-0.05, 0) is 36.2 Å². The van der Waals surface area contributed by atoms with Crippen LogP contribution in [0.4, 0.5) is 0 Å². The number of nitrogens with zero attached hydrogens (tertiary/aromatic N) is 2. The normalized spacial score (nSPS) is 15.5. The molecule has 1 heterocycles. The van der Waals surface area contributed by atoms with E-state index >= 15 is 0 Å². The van der Waals surface area contributed by atoms with Crippen LogP contribution in [0.5, 0.6) is 17.2 Å². The van der Waals surface area contributed by atoms with Gasteiger partial charge in [0.05, 0.1) is 20.8 Å². The maximum Gasteiger partial charge on any atom is 0.234 e. The molecule has 2 N–H and O–H groups in total. The van der Waals surface area contributed by atoms with Crippen molar-refractivity contribution in [3.8, 4) is 17.2 Å². The third kappa shape index (κ3) is 8.74. The minimum Gasteiger partial charge on any atom is -0.497 e. The molecule has 2 aromatic rings. The molecule has 8 nitrogen and oxygen atoms in total. The first kappa shape index (κ1) is 27.4. The first-order chi connectivity index (χ1) is 16.9. The van der Waals surface area contributed by atoms with E-state index < -0.39 is 6.10 Å². The van der Waals surface area contributed by atoms with E-state index in [0.717, 1.165) is 31.7 Å². The molecule has 0 aliphatic carbocycles. The van der Waals surface area contributed by atoms with Crippen LogP contribution in [0.2, 0.25) is 10.0 Å². The summed E-state index contributed by atoms with van der Waals surface area (Å²) in [6.45, 7) is 4.56. The van der Waals surface area contributed by atoms with Crippen molar-refractivity contribution in [2.24, 2.45) is 0 Å². The van der Waals surface area contributed by atoms with Crippen molar-refractivity contribution in [2.45, 2.75) is 12.5 Å². The lowest BCUT2D eigenvalue weighted by molar-refractivity contribution is -0.122. The maximum absolute atomic E-state index is 12.3. The predicted molar refractivity (Wildman–Crippen MR) is 137 cm³/mol. The second kappa shape index (κ2) is 13.8. The molecule has 3 rings (SSSR count). The summed E-state index contributed by atoms with van der Waals surface area (Å²) in [6, 6.07) is 10.7. The highest BCUT2D eigenvalue weighted by atomic mass is 35.5. The lowest BCUT2D eigenvalue weighted by atomic mass is 10.1. The van der Waals surface area contributed by atoms with Crippen LogP contribution in [0.3, 0.4) is 0 Å². The number of aliphatic hydroxyl groups is 1. The van der Waals surface area contributed by atoms with Gasteiger partial charge in [0.2, 0.25) is 5.91 Å². The molecular weight excluding hydrogens is 493 g/mol. The van der Waals surface area contributed by atoms with Crippen molar-refractivity contribution in [3.05, 3.63) is 52.0 Å². The molecule has 0 saturated carbocycles. The van der Waals surface area contributed by atoms with Crippen molar-refractivity contribution >= 4 is 29.1 Å². The van der Waals surface area contributed by atoms with Crippen LogP contribution in [-0.2, 0) is 11.2 Å². The Bertz CT molecular complexity index is 970. The highest BCUT2D eigenvalue weighted by Gasteiger charge is 2.21. The van der Waals surface area contributed by atoms with Gasteiger partial charge in [-0.25, -0.2) is 0 Å². The molecule has 2 aromatic carbocycles. The van der Waals surface area contributed by atoms with Gasteiger partial charge in [0.25, 0.3) is 0 Å². The summed E-state index contributed by atoms with van der Waals surface area (Å²) in [5, 5.41) is 14.6. The fourth-order valence-corrected chi connectivity index (χ4v) is 4.39. The zero-order valence-electron chi connectivity index (χ0n) is 20.1. The molecular formula is C25H33Cl2N3O5. The topological polar surface area (TPSA) is 83.5 Å². The molecule has 35 heavy (non-hydrogen) atoms. The average molecular weight is 526 g/mol. The Morgan fingerprint density at radius 1 is 1.03 bits per heavy atom. The maximum atomic E-state index is 12.3. The van der Waals surface area contributed by atoms with E-state index in [1.807, 2.05) is 6.07 Å². The Kier molecular flexibility index (Phi) is 10.7. The van der Waals surface area contributed by atoms with Crippen molar-refractivity contribution in [1.82, 2.24) is 15.1 Å². The van der Waals surface area contributed by atoms with Crippen LogP contribution in [-0.4, -0.2) is 93.6 Å². The Labute approximate surface area is 216 Å².